The molecule has 184 valence electrons. The number of nitrogens with one attached hydrogen (secondary N) is 1. The molecular weight excluding hydrogens is 526 g/mol. The SMILES string of the molecule is CON=C(C(=O)NC1C(=O)N2C(C(=O)O)=C(CSc3nnnn3CC(=O)O)CS[C@H]12)c1csnn1. The third-order valence-corrected chi connectivity index (χ3v) is 7.58. The van der Waals surface area contributed by atoms with Gasteiger partial charge in [-0.05, 0) is 27.5 Å². The van der Waals surface area contributed by atoms with E-state index in [1.54, 1.807) is 0 Å². The van der Waals surface area contributed by atoms with Gasteiger partial charge in [-0.3, -0.25) is 19.3 Å². The van der Waals surface area contributed by atoms with Gasteiger partial charge in [-0.2, -0.15) is 0 Å². The van der Waals surface area contributed by atoms with E-state index in [1.165, 1.54) is 24.3 Å². The molecule has 16 nitrogen and oxygen atoms in total. The van der Waals surface area contributed by atoms with E-state index in [1.807, 2.05) is 0 Å². The van der Waals surface area contributed by atoms with Gasteiger partial charge in [0.15, 0.2) is 5.71 Å². The number of rotatable bonds is 10. The van der Waals surface area contributed by atoms with Crippen molar-refractivity contribution in [2.24, 2.45) is 5.16 Å². The number of amides is 2. The zero-order valence-corrected chi connectivity index (χ0v) is 20.0. The summed E-state index contributed by atoms with van der Waals surface area (Å²) in [5.74, 6) is -3.38. The monoisotopic (exact) mass is 541 g/mol. The Morgan fingerprint density at radius 1 is 1.34 bits per heavy atom. The van der Waals surface area contributed by atoms with Crippen molar-refractivity contribution in [3.8, 4) is 0 Å². The molecule has 4 rings (SSSR count). The number of nitrogens with zero attached hydrogens (tertiary/aromatic N) is 8. The van der Waals surface area contributed by atoms with Crippen LogP contribution in [0.5, 0.6) is 0 Å². The first kappa shape index (κ1) is 24.5. The van der Waals surface area contributed by atoms with E-state index >= 15 is 0 Å². The summed E-state index contributed by atoms with van der Waals surface area (Å²) in [6, 6.07) is -0.979. The Kier molecular flexibility index (Phi) is 7.26. The summed E-state index contributed by atoms with van der Waals surface area (Å²) in [4.78, 5) is 54.3. The highest BCUT2D eigenvalue weighted by atomic mass is 32.2. The molecule has 35 heavy (non-hydrogen) atoms. The Labute approximate surface area is 207 Å². The van der Waals surface area contributed by atoms with Crippen LogP contribution < -0.4 is 5.32 Å². The van der Waals surface area contributed by atoms with E-state index in [0.717, 1.165) is 32.9 Å². The zero-order valence-electron chi connectivity index (χ0n) is 17.6. The number of carbonyl (C=O) groups excluding carboxylic acids is 2. The van der Waals surface area contributed by atoms with Crippen molar-refractivity contribution in [3.05, 3.63) is 22.3 Å². The molecule has 2 aromatic heterocycles. The average Bonchev–Trinajstić information content (AvgIpc) is 3.50. The van der Waals surface area contributed by atoms with Crippen molar-refractivity contribution >= 4 is 64.5 Å². The lowest BCUT2D eigenvalue weighted by molar-refractivity contribution is -0.150. The van der Waals surface area contributed by atoms with Crippen LogP contribution in [0.3, 0.4) is 0 Å². The maximum atomic E-state index is 12.9. The van der Waals surface area contributed by atoms with Crippen molar-refractivity contribution in [3.63, 3.8) is 0 Å². The lowest BCUT2D eigenvalue weighted by atomic mass is 10.0. The number of tetrazole rings is 1. The van der Waals surface area contributed by atoms with Crippen molar-refractivity contribution in [2.75, 3.05) is 18.6 Å². The molecule has 1 fully saturated rings. The van der Waals surface area contributed by atoms with E-state index in [-0.39, 0.29) is 33.8 Å². The molecule has 0 bridgehead atoms. The molecule has 2 aliphatic rings. The van der Waals surface area contributed by atoms with Crippen LogP contribution >= 0.6 is 35.1 Å². The van der Waals surface area contributed by atoms with E-state index < -0.39 is 41.7 Å². The first-order chi connectivity index (χ1) is 16.8. The summed E-state index contributed by atoms with van der Waals surface area (Å²) in [6.07, 6.45) is 0. The molecule has 4 heterocycles. The van der Waals surface area contributed by atoms with Crippen LogP contribution in [0.25, 0.3) is 0 Å². The predicted octanol–water partition coefficient (Wildman–Crippen LogP) is -1.51. The Morgan fingerprint density at radius 3 is 2.80 bits per heavy atom. The second-order valence-electron chi connectivity index (χ2n) is 6.83. The molecule has 19 heteroatoms. The Bertz CT molecular complexity index is 1230. The van der Waals surface area contributed by atoms with Gasteiger partial charge in [-0.25, -0.2) is 9.48 Å². The number of hydrogen-bond donors (Lipinski definition) is 3. The molecule has 0 saturated carbocycles. The number of carboxylic acids is 2. The number of carboxylic acid groups (broad SMARTS) is 2. The van der Waals surface area contributed by atoms with Gasteiger partial charge in [0.1, 0.15) is 36.5 Å². The predicted molar refractivity (Wildman–Crippen MR) is 119 cm³/mol. The fourth-order valence-electron chi connectivity index (χ4n) is 3.25. The van der Waals surface area contributed by atoms with Crippen LogP contribution in [0, 0.1) is 0 Å². The Hall–Kier alpha value is -3.58. The summed E-state index contributed by atoms with van der Waals surface area (Å²) >= 11 is 3.33. The van der Waals surface area contributed by atoms with Crippen LogP contribution in [0.4, 0.5) is 0 Å². The molecule has 0 aliphatic carbocycles. The number of carbonyl (C=O) groups is 4. The first-order valence-electron chi connectivity index (χ1n) is 9.52. The molecule has 1 unspecified atom stereocenters. The molecule has 2 atom stereocenters. The minimum atomic E-state index is -1.30. The van der Waals surface area contributed by atoms with Crippen LogP contribution in [0.1, 0.15) is 5.69 Å². The fraction of sp³-hybridized carbons (Fsp3) is 0.375. The van der Waals surface area contributed by atoms with Crippen LogP contribution in [0.15, 0.2) is 27.0 Å². The molecule has 0 aromatic carbocycles. The number of thioether (sulfide) groups is 2. The number of fused-ring (bicyclic) bond motifs is 1. The summed E-state index contributed by atoms with van der Waals surface area (Å²) in [7, 11) is 1.25. The van der Waals surface area contributed by atoms with Gasteiger partial charge in [0.05, 0.1) is 0 Å². The molecule has 1 saturated heterocycles. The van der Waals surface area contributed by atoms with Gasteiger partial charge in [0.2, 0.25) is 5.16 Å². The molecule has 2 aliphatic heterocycles. The lowest BCUT2D eigenvalue weighted by Gasteiger charge is -2.49. The maximum absolute atomic E-state index is 12.9. The van der Waals surface area contributed by atoms with Gasteiger partial charge < -0.3 is 20.4 Å². The van der Waals surface area contributed by atoms with E-state index in [9.17, 15) is 24.3 Å². The van der Waals surface area contributed by atoms with Gasteiger partial charge in [0, 0.05) is 16.9 Å². The molecule has 2 amide bonds. The molecule has 3 N–H and O–H groups in total. The third kappa shape index (κ3) is 4.95. The van der Waals surface area contributed by atoms with Gasteiger partial charge in [0.25, 0.3) is 11.8 Å². The van der Waals surface area contributed by atoms with E-state index in [0.29, 0.717) is 5.57 Å². The Balaban J connectivity index is 1.48. The number of β-lactam (4-membered cyclic amide) rings is 1. The van der Waals surface area contributed by atoms with Crippen molar-refractivity contribution < 1.29 is 34.2 Å². The minimum absolute atomic E-state index is 0.115. The topological polar surface area (TPSA) is 215 Å². The van der Waals surface area contributed by atoms with Crippen LogP contribution in [-0.2, 0) is 30.6 Å². The van der Waals surface area contributed by atoms with E-state index in [4.69, 9.17) is 9.94 Å². The summed E-state index contributed by atoms with van der Waals surface area (Å²) < 4.78 is 4.75. The van der Waals surface area contributed by atoms with E-state index in [2.05, 4.69) is 35.6 Å². The molecule has 0 spiro atoms. The largest absolute Gasteiger partial charge is 0.480 e. The number of aromatic nitrogens is 6. The summed E-state index contributed by atoms with van der Waals surface area (Å²) in [5, 5.41) is 40.6. The maximum Gasteiger partial charge on any atom is 0.352 e. The van der Waals surface area contributed by atoms with Crippen molar-refractivity contribution in [2.45, 2.75) is 23.1 Å². The molecule has 0 radical (unpaired) electrons. The summed E-state index contributed by atoms with van der Waals surface area (Å²) in [5.41, 5.74) is 0.244. The second-order valence-corrected chi connectivity index (χ2v) is 9.49. The van der Waals surface area contributed by atoms with Gasteiger partial charge in [-0.1, -0.05) is 21.4 Å². The van der Waals surface area contributed by atoms with Gasteiger partial charge in [-0.15, -0.1) is 22.0 Å². The smallest absolute Gasteiger partial charge is 0.352 e. The highest BCUT2D eigenvalue weighted by molar-refractivity contribution is 8.01. The van der Waals surface area contributed by atoms with Crippen LogP contribution in [-0.4, -0.2) is 104 Å². The van der Waals surface area contributed by atoms with Crippen LogP contribution in [0.2, 0.25) is 0 Å². The number of hydrogen-bond acceptors (Lipinski definition) is 14. The fourth-order valence-corrected chi connectivity index (χ4v) is 6.05. The number of aliphatic carboxylic acids is 2. The standard InChI is InChI=1S/C16H15N9O7S3/c1-32-20-9(7-5-35-23-18-7)12(28)17-10-13(29)25-11(15(30)31)6(3-33-14(10)25)4-34-16-19-21-22-24(16)2-8(26)27/h5,10,14H,2-4H2,1H3,(H,17,28)(H,26,27)(H,30,31)/t10?,14-/m1/s1. The normalized spacial score (nSPS) is 19.7. The van der Waals surface area contributed by atoms with Gasteiger partial charge >= 0.3 is 11.9 Å². The Morgan fingerprint density at radius 2 is 2.14 bits per heavy atom. The molecular formula is C16H15N9O7S3. The minimum Gasteiger partial charge on any atom is -0.480 e. The third-order valence-electron chi connectivity index (χ3n) is 4.70. The average molecular weight is 542 g/mol. The highest BCUT2D eigenvalue weighted by Crippen LogP contribution is 2.41. The first-order valence-corrected chi connectivity index (χ1v) is 12.4. The highest BCUT2D eigenvalue weighted by Gasteiger charge is 2.54. The number of oxime groups is 1. The lowest BCUT2D eigenvalue weighted by Crippen LogP contribution is -2.71. The second kappa shape index (κ2) is 10.4. The van der Waals surface area contributed by atoms with Crippen molar-refractivity contribution in [1.29, 1.82) is 0 Å². The molecule has 2 aromatic rings. The summed E-state index contributed by atoms with van der Waals surface area (Å²) in [6.45, 7) is -0.450. The van der Waals surface area contributed by atoms with Crippen molar-refractivity contribution in [1.82, 2.24) is 40.0 Å². The quantitative estimate of drug-likeness (QED) is 0.135. The zero-order chi connectivity index (χ0) is 25.1.